The van der Waals surface area contributed by atoms with Crippen LogP contribution in [-0.2, 0) is 21.5 Å². The molecule has 29 heavy (non-hydrogen) atoms. The van der Waals surface area contributed by atoms with Crippen LogP contribution in [0.4, 0.5) is 4.79 Å². The van der Waals surface area contributed by atoms with E-state index in [9.17, 15) is 14.4 Å². The van der Waals surface area contributed by atoms with Crippen molar-refractivity contribution in [2.24, 2.45) is 0 Å². The van der Waals surface area contributed by atoms with Crippen LogP contribution >= 0.6 is 15.9 Å². The molecule has 0 bridgehead atoms. The Labute approximate surface area is 177 Å². The monoisotopic (exact) mass is 455 g/mol. The number of imide groups is 1. The minimum Gasteiger partial charge on any atom is -0.348 e. The molecule has 4 rings (SSSR count). The van der Waals surface area contributed by atoms with Crippen LogP contribution in [0.25, 0.3) is 0 Å². The van der Waals surface area contributed by atoms with E-state index >= 15 is 0 Å². The summed E-state index contributed by atoms with van der Waals surface area (Å²) in [6.45, 7) is 1.36. The maximum atomic E-state index is 13.0. The highest BCUT2D eigenvalue weighted by atomic mass is 79.9. The molecule has 6 nitrogen and oxygen atoms in total. The van der Waals surface area contributed by atoms with E-state index < -0.39 is 17.5 Å². The largest absolute Gasteiger partial charge is 0.348 e. The summed E-state index contributed by atoms with van der Waals surface area (Å²) in [6, 6.07) is 14.6. The summed E-state index contributed by atoms with van der Waals surface area (Å²) in [6.07, 6.45) is 2.84. The molecule has 0 saturated carbocycles. The number of benzene rings is 2. The van der Waals surface area contributed by atoms with Crippen molar-refractivity contribution in [3.8, 4) is 0 Å². The summed E-state index contributed by atoms with van der Waals surface area (Å²) in [5.74, 6) is -0.770. The van der Waals surface area contributed by atoms with Gasteiger partial charge in [0.25, 0.3) is 5.91 Å². The van der Waals surface area contributed by atoms with Gasteiger partial charge in [0.05, 0.1) is 6.04 Å². The van der Waals surface area contributed by atoms with Crippen LogP contribution in [-0.4, -0.2) is 29.3 Å². The molecule has 1 heterocycles. The standard InChI is InChI=1S/C22H22BrN3O3/c1-22(15-8-5-9-16(23)12-15)20(28)26(21(29)25-22)13-19(27)24-18-11-4-7-14-6-2-3-10-17(14)18/h2-3,5-6,8-10,12,18H,4,7,11,13H2,1H3,(H,24,27)(H,25,29). The van der Waals surface area contributed by atoms with Crippen LogP contribution in [0.3, 0.4) is 0 Å². The molecule has 1 fully saturated rings. The molecule has 4 amide bonds. The molecule has 1 aliphatic heterocycles. The van der Waals surface area contributed by atoms with Gasteiger partial charge in [0, 0.05) is 4.47 Å². The maximum absolute atomic E-state index is 13.0. The molecule has 2 aliphatic rings. The lowest BCUT2D eigenvalue weighted by molar-refractivity contribution is -0.135. The fourth-order valence-electron chi connectivity index (χ4n) is 4.12. The Bertz CT molecular complexity index is 993. The van der Waals surface area contributed by atoms with Crippen molar-refractivity contribution in [1.29, 1.82) is 0 Å². The smallest absolute Gasteiger partial charge is 0.325 e. The van der Waals surface area contributed by atoms with Crippen LogP contribution in [0, 0.1) is 0 Å². The van der Waals surface area contributed by atoms with Gasteiger partial charge in [-0.25, -0.2) is 4.79 Å². The number of urea groups is 1. The third-order valence-corrected chi connectivity index (χ3v) is 6.18. The topological polar surface area (TPSA) is 78.5 Å². The number of hydrogen-bond donors (Lipinski definition) is 2. The molecule has 7 heteroatoms. The third-order valence-electron chi connectivity index (χ3n) is 5.68. The Balaban J connectivity index is 1.48. The Morgan fingerprint density at radius 2 is 2.03 bits per heavy atom. The van der Waals surface area contributed by atoms with Crippen molar-refractivity contribution in [2.45, 2.75) is 37.8 Å². The quantitative estimate of drug-likeness (QED) is 0.693. The molecular formula is C22H22BrN3O3. The molecule has 2 N–H and O–H groups in total. The number of hydrogen-bond acceptors (Lipinski definition) is 3. The molecule has 1 saturated heterocycles. The van der Waals surface area contributed by atoms with E-state index in [2.05, 4.69) is 32.6 Å². The summed E-state index contributed by atoms with van der Waals surface area (Å²) in [5, 5.41) is 5.73. The number of carbonyl (C=O) groups excluding carboxylic acids is 3. The molecule has 0 spiro atoms. The minimum atomic E-state index is -1.20. The summed E-state index contributed by atoms with van der Waals surface area (Å²) in [4.78, 5) is 39.2. The Hall–Kier alpha value is -2.67. The summed E-state index contributed by atoms with van der Waals surface area (Å²) < 4.78 is 0.811. The fraction of sp³-hybridized carbons (Fsp3) is 0.318. The zero-order chi connectivity index (χ0) is 20.6. The van der Waals surface area contributed by atoms with Gasteiger partial charge in [0.1, 0.15) is 12.1 Å². The first-order valence-corrected chi connectivity index (χ1v) is 10.4. The second kappa shape index (κ2) is 7.63. The zero-order valence-corrected chi connectivity index (χ0v) is 17.7. The highest BCUT2D eigenvalue weighted by Gasteiger charge is 2.49. The van der Waals surface area contributed by atoms with Gasteiger partial charge in [-0.3, -0.25) is 14.5 Å². The number of fused-ring (bicyclic) bond motifs is 1. The number of carbonyl (C=O) groups is 3. The molecular weight excluding hydrogens is 434 g/mol. The molecule has 2 aromatic rings. The number of nitrogens with zero attached hydrogens (tertiary/aromatic N) is 1. The predicted molar refractivity (Wildman–Crippen MR) is 112 cm³/mol. The van der Waals surface area contributed by atoms with E-state index in [0.29, 0.717) is 5.56 Å². The predicted octanol–water partition coefficient (Wildman–Crippen LogP) is 3.41. The Morgan fingerprint density at radius 1 is 1.24 bits per heavy atom. The number of aryl methyl sites for hydroxylation is 1. The number of nitrogens with one attached hydrogen (secondary N) is 2. The third kappa shape index (κ3) is 3.67. The van der Waals surface area contributed by atoms with E-state index in [1.807, 2.05) is 24.3 Å². The van der Waals surface area contributed by atoms with E-state index in [4.69, 9.17) is 0 Å². The molecule has 2 unspecified atom stereocenters. The van der Waals surface area contributed by atoms with Gasteiger partial charge >= 0.3 is 6.03 Å². The molecule has 0 aromatic heterocycles. The fourth-order valence-corrected chi connectivity index (χ4v) is 4.52. The first kappa shape index (κ1) is 19.6. The first-order valence-electron chi connectivity index (χ1n) is 9.66. The van der Waals surface area contributed by atoms with Crippen molar-refractivity contribution in [1.82, 2.24) is 15.5 Å². The van der Waals surface area contributed by atoms with Gasteiger partial charge < -0.3 is 10.6 Å². The Morgan fingerprint density at radius 3 is 2.83 bits per heavy atom. The zero-order valence-electron chi connectivity index (χ0n) is 16.1. The van der Waals surface area contributed by atoms with Crippen molar-refractivity contribution in [3.05, 3.63) is 69.7 Å². The van der Waals surface area contributed by atoms with Crippen LogP contribution in [0.1, 0.15) is 42.5 Å². The van der Waals surface area contributed by atoms with E-state index in [1.54, 1.807) is 25.1 Å². The first-order chi connectivity index (χ1) is 13.9. The van der Waals surface area contributed by atoms with Gasteiger partial charge in [0.15, 0.2) is 0 Å². The van der Waals surface area contributed by atoms with Crippen LogP contribution in [0.15, 0.2) is 53.0 Å². The lowest BCUT2D eigenvalue weighted by Gasteiger charge is -2.27. The highest BCUT2D eigenvalue weighted by molar-refractivity contribution is 9.10. The lowest BCUT2D eigenvalue weighted by atomic mass is 9.88. The van der Waals surface area contributed by atoms with E-state index in [1.165, 1.54) is 5.56 Å². The molecule has 2 aromatic carbocycles. The van der Waals surface area contributed by atoms with E-state index in [-0.39, 0.29) is 18.5 Å². The average molecular weight is 456 g/mol. The van der Waals surface area contributed by atoms with Gasteiger partial charge in [-0.1, -0.05) is 52.3 Å². The normalized spacial score (nSPS) is 23.5. The van der Waals surface area contributed by atoms with Crippen LogP contribution < -0.4 is 10.6 Å². The van der Waals surface area contributed by atoms with Gasteiger partial charge in [-0.15, -0.1) is 0 Å². The SMILES string of the molecule is CC1(c2cccc(Br)c2)NC(=O)N(CC(=O)NC2CCCc3ccccc32)C1=O. The van der Waals surface area contributed by atoms with Crippen molar-refractivity contribution < 1.29 is 14.4 Å². The second-order valence-corrected chi connectivity index (χ2v) is 8.58. The average Bonchev–Trinajstić information content (AvgIpc) is 2.92. The van der Waals surface area contributed by atoms with Crippen LogP contribution in [0.2, 0.25) is 0 Å². The molecule has 1 aliphatic carbocycles. The highest BCUT2D eigenvalue weighted by Crippen LogP contribution is 2.31. The number of halogens is 1. The maximum Gasteiger partial charge on any atom is 0.325 e. The van der Waals surface area contributed by atoms with Crippen molar-refractivity contribution in [3.63, 3.8) is 0 Å². The summed E-state index contributed by atoms with van der Waals surface area (Å²) in [5.41, 5.74) is 1.82. The van der Waals surface area contributed by atoms with Crippen molar-refractivity contribution >= 4 is 33.8 Å². The Kier molecular flexibility index (Phi) is 5.17. The minimum absolute atomic E-state index is 0.0929. The van der Waals surface area contributed by atoms with Gasteiger partial charge in [-0.2, -0.15) is 0 Å². The molecule has 0 radical (unpaired) electrons. The second-order valence-electron chi connectivity index (χ2n) is 7.67. The van der Waals surface area contributed by atoms with Crippen molar-refractivity contribution in [2.75, 3.05) is 6.54 Å². The summed E-state index contributed by atoms with van der Waals surface area (Å²) in [7, 11) is 0. The number of amides is 4. The lowest BCUT2D eigenvalue weighted by Crippen LogP contribution is -2.44. The molecule has 2 atom stereocenters. The molecule has 150 valence electrons. The van der Waals surface area contributed by atoms with E-state index in [0.717, 1.165) is 34.2 Å². The van der Waals surface area contributed by atoms with Gasteiger partial charge in [0.2, 0.25) is 5.91 Å². The van der Waals surface area contributed by atoms with Gasteiger partial charge in [-0.05, 0) is 55.0 Å². The van der Waals surface area contributed by atoms with Crippen LogP contribution in [0.5, 0.6) is 0 Å². The summed E-state index contributed by atoms with van der Waals surface area (Å²) >= 11 is 3.39. The number of rotatable bonds is 4.